The molecule has 4 nitrogen and oxygen atoms in total. The van der Waals surface area contributed by atoms with E-state index in [0.717, 1.165) is 0 Å². The number of aromatic hydroxyl groups is 1. The molecule has 0 aliphatic carbocycles. The van der Waals surface area contributed by atoms with Crippen molar-refractivity contribution in [1.29, 1.82) is 5.26 Å². The van der Waals surface area contributed by atoms with E-state index < -0.39 is 0 Å². The molecule has 0 heterocycles. The van der Waals surface area contributed by atoms with Gasteiger partial charge >= 0.3 is 0 Å². The van der Waals surface area contributed by atoms with E-state index in [2.05, 4.69) is 11.4 Å². The zero-order chi connectivity index (χ0) is 14.5. The first-order valence-corrected chi connectivity index (χ1v) is 6.31. The van der Waals surface area contributed by atoms with Crippen LogP contribution in [0.25, 0.3) is 0 Å². The predicted molar refractivity (Wildman–Crippen MR) is 78.2 cm³/mol. The van der Waals surface area contributed by atoms with Crippen molar-refractivity contribution in [2.24, 2.45) is 0 Å². The summed E-state index contributed by atoms with van der Waals surface area (Å²) in [7, 11) is 1.54. The van der Waals surface area contributed by atoms with Gasteiger partial charge in [-0.25, -0.2) is 0 Å². The second-order valence-corrected chi connectivity index (χ2v) is 4.56. The van der Waals surface area contributed by atoms with Crippen LogP contribution >= 0.6 is 11.6 Å². The first kappa shape index (κ1) is 14.0. The summed E-state index contributed by atoms with van der Waals surface area (Å²) in [6.07, 6.45) is 0. The minimum Gasteiger partial charge on any atom is -0.507 e. The van der Waals surface area contributed by atoms with Crippen LogP contribution in [0.5, 0.6) is 11.5 Å². The number of anilines is 1. The van der Waals surface area contributed by atoms with Gasteiger partial charge in [-0.3, -0.25) is 0 Å². The van der Waals surface area contributed by atoms with Crippen LogP contribution in [0.3, 0.4) is 0 Å². The molecule has 0 saturated heterocycles. The highest BCUT2D eigenvalue weighted by atomic mass is 35.5. The van der Waals surface area contributed by atoms with Crippen LogP contribution in [-0.4, -0.2) is 12.2 Å². The summed E-state index contributed by atoms with van der Waals surface area (Å²) < 4.78 is 5.02. The molecule has 0 spiro atoms. The van der Waals surface area contributed by atoms with Crippen molar-refractivity contribution >= 4 is 17.3 Å². The number of hydrogen-bond acceptors (Lipinski definition) is 4. The summed E-state index contributed by atoms with van der Waals surface area (Å²) in [6, 6.07) is 12.1. The van der Waals surface area contributed by atoms with Crippen LogP contribution in [0.15, 0.2) is 36.4 Å². The lowest BCUT2D eigenvalue weighted by atomic mass is 10.1. The van der Waals surface area contributed by atoms with Crippen molar-refractivity contribution in [2.45, 2.75) is 6.54 Å². The van der Waals surface area contributed by atoms with Crippen LogP contribution in [-0.2, 0) is 6.54 Å². The number of nitriles is 1. The van der Waals surface area contributed by atoms with Gasteiger partial charge in [0.05, 0.1) is 29.5 Å². The lowest BCUT2D eigenvalue weighted by Crippen LogP contribution is -2.01. The summed E-state index contributed by atoms with van der Waals surface area (Å²) in [6.45, 7) is 0.393. The molecule has 5 heteroatoms. The van der Waals surface area contributed by atoms with E-state index in [0.29, 0.717) is 34.1 Å². The number of nitrogens with zero attached hydrogens (tertiary/aromatic N) is 1. The minimum atomic E-state index is 0.143. The van der Waals surface area contributed by atoms with Gasteiger partial charge in [-0.05, 0) is 30.3 Å². The van der Waals surface area contributed by atoms with Crippen LogP contribution in [0.1, 0.15) is 11.1 Å². The number of hydrogen-bond donors (Lipinski definition) is 2. The smallest absolute Gasteiger partial charge is 0.124 e. The van der Waals surface area contributed by atoms with E-state index in [1.54, 1.807) is 43.5 Å². The summed E-state index contributed by atoms with van der Waals surface area (Å²) in [5.74, 6) is 0.736. The number of nitrogens with one attached hydrogen (secondary N) is 1. The molecule has 0 aromatic heterocycles. The molecule has 0 saturated carbocycles. The SMILES string of the molecule is COc1ccc(CNc2cc(C#N)ccc2Cl)c(O)c1. The Morgan fingerprint density at radius 1 is 1.30 bits per heavy atom. The Hall–Kier alpha value is -2.38. The maximum absolute atomic E-state index is 9.87. The fourth-order valence-corrected chi connectivity index (χ4v) is 1.93. The molecule has 0 atom stereocenters. The van der Waals surface area contributed by atoms with Crippen molar-refractivity contribution in [2.75, 3.05) is 12.4 Å². The Balaban J connectivity index is 2.15. The topological polar surface area (TPSA) is 65.3 Å². The molecule has 0 fully saturated rings. The predicted octanol–water partition coefficient (Wildman–Crippen LogP) is 3.54. The average molecular weight is 289 g/mol. The quantitative estimate of drug-likeness (QED) is 0.903. The number of rotatable bonds is 4. The van der Waals surface area contributed by atoms with Crippen LogP contribution in [0, 0.1) is 11.3 Å². The highest BCUT2D eigenvalue weighted by molar-refractivity contribution is 6.33. The molecule has 2 rings (SSSR count). The molecule has 0 aliphatic heterocycles. The van der Waals surface area contributed by atoms with Gasteiger partial charge in [0.25, 0.3) is 0 Å². The van der Waals surface area contributed by atoms with E-state index in [-0.39, 0.29) is 5.75 Å². The van der Waals surface area contributed by atoms with Crippen molar-refractivity contribution in [3.05, 3.63) is 52.5 Å². The molecule has 0 aliphatic rings. The first-order valence-electron chi connectivity index (χ1n) is 5.93. The number of phenols is 1. The third-order valence-electron chi connectivity index (χ3n) is 2.86. The zero-order valence-corrected chi connectivity index (χ0v) is 11.6. The number of benzene rings is 2. The zero-order valence-electron chi connectivity index (χ0n) is 10.9. The van der Waals surface area contributed by atoms with Gasteiger partial charge < -0.3 is 15.2 Å². The third-order valence-corrected chi connectivity index (χ3v) is 3.19. The second-order valence-electron chi connectivity index (χ2n) is 4.15. The van der Waals surface area contributed by atoms with Gasteiger partial charge in [-0.15, -0.1) is 0 Å². The van der Waals surface area contributed by atoms with Gasteiger partial charge in [-0.2, -0.15) is 5.26 Å². The normalized spacial score (nSPS) is 9.85. The number of methoxy groups -OCH3 is 1. The summed E-state index contributed by atoms with van der Waals surface area (Å²) in [5, 5.41) is 22.4. The standard InChI is InChI=1S/C15H13ClN2O2/c1-20-12-4-3-11(15(19)7-12)9-18-14-6-10(8-17)2-5-13(14)16/h2-7,18-19H,9H2,1H3. The maximum Gasteiger partial charge on any atom is 0.124 e. The Morgan fingerprint density at radius 2 is 2.10 bits per heavy atom. The van der Waals surface area contributed by atoms with E-state index in [9.17, 15) is 5.11 Å². The van der Waals surface area contributed by atoms with Gasteiger partial charge in [-0.1, -0.05) is 11.6 Å². The Bertz CT molecular complexity index is 665. The number of phenolic OH excluding ortho intramolecular Hbond substituents is 1. The highest BCUT2D eigenvalue weighted by Crippen LogP contribution is 2.27. The third kappa shape index (κ3) is 3.14. The fraction of sp³-hybridized carbons (Fsp3) is 0.133. The maximum atomic E-state index is 9.87. The molecule has 0 unspecified atom stereocenters. The Kier molecular flexibility index (Phi) is 4.34. The molecule has 102 valence electrons. The van der Waals surface area contributed by atoms with Gasteiger partial charge in [0.1, 0.15) is 11.5 Å². The van der Waals surface area contributed by atoms with Crippen LogP contribution in [0.4, 0.5) is 5.69 Å². The lowest BCUT2D eigenvalue weighted by Gasteiger charge is -2.11. The summed E-state index contributed by atoms with van der Waals surface area (Å²) >= 11 is 6.05. The average Bonchev–Trinajstić information content (AvgIpc) is 2.47. The van der Waals surface area contributed by atoms with Crippen molar-refractivity contribution < 1.29 is 9.84 Å². The number of ether oxygens (including phenoxy) is 1. The van der Waals surface area contributed by atoms with Crippen LogP contribution in [0.2, 0.25) is 5.02 Å². The number of halogens is 1. The Morgan fingerprint density at radius 3 is 2.75 bits per heavy atom. The molecular weight excluding hydrogens is 276 g/mol. The molecule has 20 heavy (non-hydrogen) atoms. The molecule has 0 amide bonds. The lowest BCUT2D eigenvalue weighted by molar-refractivity contribution is 0.406. The first-order chi connectivity index (χ1) is 9.63. The largest absolute Gasteiger partial charge is 0.507 e. The van der Waals surface area contributed by atoms with Gasteiger partial charge in [0, 0.05) is 18.2 Å². The Labute approximate surface area is 122 Å². The molecule has 2 aromatic carbocycles. The van der Waals surface area contributed by atoms with Gasteiger partial charge in [0.2, 0.25) is 0 Å². The van der Waals surface area contributed by atoms with Crippen molar-refractivity contribution in [3.63, 3.8) is 0 Å². The molecule has 2 N–H and O–H groups in total. The highest BCUT2D eigenvalue weighted by Gasteiger charge is 2.05. The molecule has 2 aromatic rings. The minimum absolute atomic E-state index is 0.143. The van der Waals surface area contributed by atoms with Crippen LogP contribution < -0.4 is 10.1 Å². The molecule has 0 radical (unpaired) electrons. The van der Waals surface area contributed by atoms with E-state index >= 15 is 0 Å². The molecule has 0 bridgehead atoms. The summed E-state index contributed by atoms with van der Waals surface area (Å²) in [4.78, 5) is 0. The van der Waals surface area contributed by atoms with Gasteiger partial charge in [0.15, 0.2) is 0 Å². The van der Waals surface area contributed by atoms with E-state index in [1.165, 1.54) is 0 Å². The van der Waals surface area contributed by atoms with E-state index in [1.807, 2.05) is 0 Å². The summed E-state index contributed by atoms with van der Waals surface area (Å²) in [5.41, 5.74) is 1.89. The van der Waals surface area contributed by atoms with Crippen molar-refractivity contribution in [3.8, 4) is 17.6 Å². The van der Waals surface area contributed by atoms with Crippen molar-refractivity contribution in [1.82, 2.24) is 0 Å². The molecular formula is C15H13ClN2O2. The van der Waals surface area contributed by atoms with E-state index in [4.69, 9.17) is 21.6 Å². The fourth-order valence-electron chi connectivity index (χ4n) is 1.74. The monoisotopic (exact) mass is 288 g/mol. The second kappa shape index (κ2) is 6.18.